The number of nitrogens with zero attached hydrogens (tertiary/aromatic N) is 3. The van der Waals surface area contributed by atoms with Crippen molar-refractivity contribution in [3.8, 4) is 17.1 Å². The highest BCUT2D eigenvalue weighted by Crippen LogP contribution is 2.28. The van der Waals surface area contributed by atoms with E-state index < -0.39 is 0 Å². The average molecular weight is 491 g/mol. The molecule has 1 heterocycles. The molecule has 0 spiro atoms. The number of aromatic nitrogens is 3. The van der Waals surface area contributed by atoms with Crippen molar-refractivity contribution in [1.82, 2.24) is 20.1 Å². The fourth-order valence-electron chi connectivity index (χ4n) is 3.56. The van der Waals surface area contributed by atoms with Crippen LogP contribution in [0.5, 0.6) is 5.75 Å². The summed E-state index contributed by atoms with van der Waals surface area (Å²) in [6, 6.07) is 24.0. The van der Waals surface area contributed by atoms with Crippen LogP contribution < -0.4 is 10.1 Å². The first-order valence-electron chi connectivity index (χ1n) is 11.3. The molecule has 0 radical (unpaired) electrons. The summed E-state index contributed by atoms with van der Waals surface area (Å²) in [5, 5.41) is 12.1. The van der Waals surface area contributed by atoms with Gasteiger partial charge < -0.3 is 14.6 Å². The minimum Gasteiger partial charge on any atom is -0.497 e. The van der Waals surface area contributed by atoms with E-state index in [0.29, 0.717) is 18.2 Å². The molecule has 4 rings (SSSR count). The lowest BCUT2D eigenvalue weighted by atomic mass is 10.1. The first-order valence-corrected chi connectivity index (χ1v) is 12.2. The van der Waals surface area contributed by atoms with Gasteiger partial charge in [-0.05, 0) is 60.9 Å². The Morgan fingerprint density at radius 1 is 1.00 bits per heavy atom. The van der Waals surface area contributed by atoms with Crippen LogP contribution in [0.4, 0.5) is 4.39 Å². The Labute approximate surface area is 208 Å². The molecular weight excluding hydrogens is 463 g/mol. The Bertz CT molecular complexity index is 1240. The molecule has 4 aromatic rings. The molecule has 3 aromatic carbocycles. The van der Waals surface area contributed by atoms with Crippen molar-refractivity contribution in [2.24, 2.45) is 0 Å². The summed E-state index contributed by atoms with van der Waals surface area (Å²) in [5.41, 5.74) is 2.97. The van der Waals surface area contributed by atoms with Crippen molar-refractivity contribution in [3.63, 3.8) is 0 Å². The SMILES string of the molecule is COc1ccc(-c2nnc(SC(C)C(=O)NCc3ccc(F)cc3)n2CCc2ccccc2)cc1. The zero-order chi connectivity index (χ0) is 24.6. The second kappa shape index (κ2) is 11.7. The van der Waals surface area contributed by atoms with Gasteiger partial charge in [0.2, 0.25) is 5.91 Å². The number of nitrogens with one attached hydrogen (secondary N) is 1. The second-order valence-electron chi connectivity index (χ2n) is 8.03. The van der Waals surface area contributed by atoms with Crippen LogP contribution in [0.2, 0.25) is 0 Å². The molecule has 180 valence electrons. The molecule has 0 bridgehead atoms. The van der Waals surface area contributed by atoms with Crippen LogP contribution in [0.1, 0.15) is 18.1 Å². The quantitative estimate of drug-likeness (QED) is 0.312. The van der Waals surface area contributed by atoms with Crippen molar-refractivity contribution in [2.75, 3.05) is 7.11 Å². The predicted octanol–water partition coefficient (Wildman–Crippen LogP) is 5.13. The van der Waals surface area contributed by atoms with Crippen LogP contribution in [0.15, 0.2) is 84.0 Å². The van der Waals surface area contributed by atoms with Gasteiger partial charge in [0.25, 0.3) is 0 Å². The summed E-state index contributed by atoms with van der Waals surface area (Å²) in [5.74, 6) is 1.09. The van der Waals surface area contributed by atoms with Crippen LogP contribution in [0.3, 0.4) is 0 Å². The zero-order valence-corrected chi connectivity index (χ0v) is 20.5. The monoisotopic (exact) mass is 490 g/mol. The minimum absolute atomic E-state index is 0.122. The summed E-state index contributed by atoms with van der Waals surface area (Å²) in [6.45, 7) is 2.85. The van der Waals surface area contributed by atoms with E-state index in [9.17, 15) is 9.18 Å². The Balaban J connectivity index is 1.50. The van der Waals surface area contributed by atoms with Gasteiger partial charge in [-0.2, -0.15) is 0 Å². The molecule has 1 N–H and O–H groups in total. The fraction of sp³-hybridized carbons (Fsp3) is 0.222. The topological polar surface area (TPSA) is 69.0 Å². The van der Waals surface area contributed by atoms with Crippen molar-refractivity contribution in [2.45, 2.75) is 36.8 Å². The maximum atomic E-state index is 13.1. The summed E-state index contributed by atoms with van der Waals surface area (Å²) in [6.07, 6.45) is 0.806. The van der Waals surface area contributed by atoms with Crippen molar-refractivity contribution in [1.29, 1.82) is 0 Å². The summed E-state index contributed by atoms with van der Waals surface area (Å²) < 4.78 is 20.4. The number of rotatable bonds is 10. The van der Waals surface area contributed by atoms with Gasteiger partial charge in [-0.3, -0.25) is 4.79 Å². The van der Waals surface area contributed by atoms with E-state index in [1.165, 1.54) is 29.5 Å². The van der Waals surface area contributed by atoms with Gasteiger partial charge in [-0.25, -0.2) is 4.39 Å². The lowest BCUT2D eigenvalue weighted by Crippen LogP contribution is -2.30. The standard InChI is InChI=1S/C27H27FN4O2S/c1-19(26(33)29-18-21-8-12-23(28)13-9-21)35-27-31-30-25(22-10-14-24(34-2)15-11-22)32(27)17-16-20-6-4-3-5-7-20/h3-15,19H,16-18H2,1-2H3,(H,29,33). The predicted molar refractivity (Wildman–Crippen MR) is 136 cm³/mol. The Kier molecular flexibility index (Phi) is 8.15. The number of aryl methyl sites for hydroxylation is 1. The number of thioether (sulfide) groups is 1. The number of benzene rings is 3. The first kappa shape index (κ1) is 24.5. The Hall–Kier alpha value is -3.65. The number of halogens is 1. The molecule has 0 aliphatic carbocycles. The molecule has 0 saturated heterocycles. The molecule has 6 nitrogen and oxygen atoms in total. The Morgan fingerprint density at radius 3 is 2.40 bits per heavy atom. The molecule has 1 unspecified atom stereocenters. The highest BCUT2D eigenvalue weighted by atomic mass is 32.2. The molecular formula is C27H27FN4O2S. The first-order chi connectivity index (χ1) is 17.0. The van der Waals surface area contributed by atoms with Gasteiger partial charge in [0.15, 0.2) is 11.0 Å². The summed E-state index contributed by atoms with van der Waals surface area (Å²) in [7, 11) is 1.63. The molecule has 1 amide bonds. The molecule has 8 heteroatoms. The Morgan fingerprint density at radius 2 is 1.71 bits per heavy atom. The van der Waals surface area contributed by atoms with Gasteiger partial charge >= 0.3 is 0 Å². The number of carbonyl (C=O) groups excluding carboxylic acids is 1. The second-order valence-corrected chi connectivity index (χ2v) is 9.33. The molecule has 1 atom stereocenters. The van der Waals surface area contributed by atoms with Crippen LogP contribution >= 0.6 is 11.8 Å². The van der Waals surface area contributed by atoms with Crippen LogP contribution in [-0.4, -0.2) is 33.0 Å². The number of carbonyl (C=O) groups is 1. The highest BCUT2D eigenvalue weighted by molar-refractivity contribution is 8.00. The van der Waals surface area contributed by atoms with E-state index in [0.717, 1.165) is 29.1 Å². The van der Waals surface area contributed by atoms with Crippen molar-refractivity contribution < 1.29 is 13.9 Å². The normalized spacial score (nSPS) is 11.7. The van der Waals surface area contributed by atoms with E-state index in [1.54, 1.807) is 19.2 Å². The third-order valence-corrected chi connectivity index (χ3v) is 6.64. The third kappa shape index (κ3) is 6.48. The lowest BCUT2D eigenvalue weighted by molar-refractivity contribution is -0.120. The summed E-state index contributed by atoms with van der Waals surface area (Å²) >= 11 is 1.37. The van der Waals surface area contributed by atoms with Gasteiger partial charge in [0.05, 0.1) is 12.4 Å². The van der Waals surface area contributed by atoms with Gasteiger partial charge in [0, 0.05) is 18.7 Å². The minimum atomic E-state index is -0.390. The number of hydrogen-bond donors (Lipinski definition) is 1. The molecule has 0 saturated carbocycles. The number of ether oxygens (including phenoxy) is 1. The van der Waals surface area contributed by atoms with E-state index in [2.05, 4.69) is 32.2 Å². The maximum Gasteiger partial charge on any atom is 0.233 e. The largest absolute Gasteiger partial charge is 0.497 e. The van der Waals surface area contributed by atoms with Gasteiger partial charge in [-0.15, -0.1) is 10.2 Å². The van der Waals surface area contributed by atoms with Crippen molar-refractivity contribution in [3.05, 3.63) is 95.8 Å². The molecule has 0 fully saturated rings. The number of hydrogen-bond acceptors (Lipinski definition) is 5. The molecule has 0 aliphatic rings. The zero-order valence-electron chi connectivity index (χ0n) is 19.6. The lowest BCUT2D eigenvalue weighted by Gasteiger charge is -2.14. The smallest absolute Gasteiger partial charge is 0.233 e. The molecule has 35 heavy (non-hydrogen) atoms. The van der Waals surface area contributed by atoms with Crippen molar-refractivity contribution >= 4 is 17.7 Å². The average Bonchev–Trinajstić information content (AvgIpc) is 3.29. The third-order valence-electron chi connectivity index (χ3n) is 5.56. The highest BCUT2D eigenvalue weighted by Gasteiger charge is 2.21. The van der Waals surface area contributed by atoms with E-state index >= 15 is 0 Å². The molecule has 0 aliphatic heterocycles. The molecule has 1 aromatic heterocycles. The van der Waals surface area contributed by atoms with Gasteiger partial charge in [0.1, 0.15) is 11.6 Å². The van der Waals surface area contributed by atoms with E-state index in [1.807, 2.05) is 49.4 Å². The number of methoxy groups -OCH3 is 1. The fourth-order valence-corrected chi connectivity index (χ4v) is 4.46. The maximum absolute atomic E-state index is 13.1. The van der Waals surface area contributed by atoms with Gasteiger partial charge in [-0.1, -0.05) is 54.2 Å². The number of amides is 1. The van der Waals surface area contributed by atoms with E-state index in [4.69, 9.17) is 4.74 Å². The van der Waals surface area contributed by atoms with Crippen LogP contribution in [0.25, 0.3) is 11.4 Å². The van der Waals surface area contributed by atoms with E-state index in [-0.39, 0.29) is 17.0 Å². The van der Waals surface area contributed by atoms with Crippen LogP contribution in [-0.2, 0) is 24.3 Å². The summed E-state index contributed by atoms with van der Waals surface area (Å²) in [4.78, 5) is 12.7. The van der Waals surface area contributed by atoms with Crippen LogP contribution in [0, 0.1) is 5.82 Å².